The minimum atomic E-state index is -1.52. The summed E-state index contributed by atoms with van der Waals surface area (Å²) in [5.74, 6) is 0.789. The summed E-state index contributed by atoms with van der Waals surface area (Å²) in [6.45, 7) is 5.83. The van der Waals surface area contributed by atoms with Crippen molar-refractivity contribution < 1.29 is 33.6 Å². The largest absolute Gasteiger partial charge is 0.499 e. The Kier molecular flexibility index (Phi) is 5.89. The van der Waals surface area contributed by atoms with E-state index < -0.39 is 23.0 Å². The average molecular weight is 418 g/mol. The van der Waals surface area contributed by atoms with Crippen molar-refractivity contribution in [3.8, 4) is 17.2 Å². The van der Waals surface area contributed by atoms with Gasteiger partial charge in [0, 0.05) is 13.0 Å². The molecule has 2 aliphatic carbocycles. The van der Waals surface area contributed by atoms with Crippen LogP contribution in [0.25, 0.3) is 0 Å². The summed E-state index contributed by atoms with van der Waals surface area (Å²) in [6, 6.07) is 3.61. The van der Waals surface area contributed by atoms with Crippen LogP contribution in [0.5, 0.6) is 17.2 Å². The van der Waals surface area contributed by atoms with E-state index in [-0.39, 0.29) is 11.7 Å². The number of hydrogen-bond donors (Lipinski definition) is 1. The molecule has 2 bridgehead atoms. The van der Waals surface area contributed by atoms with Gasteiger partial charge in [-0.15, -0.1) is 6.58 Å². The highest BCUT2D eigenvalue weighted by atomic mass is 16.5. The number of methoxy groups -OCH3 is 5. The second kappa shape index (κ2) is 7.96. The highest BCUT2D eigenvalue weighted by Crippen LogP contribution is 2.63. The van der Waals surface area contributed by atoms with Crippen LogP contribution in [-0.4, -0.2) is 58.1 Å². The summed E-state index contributed by atoms with van der Waals surface area (Å²) < 4.78 is 27.8. The van der Waals surface area contributed by atoms with E-state index in [4.69, 9.17) is 23.7 Å². The summed E-state index contributed by atoms with van der Waals surface area (Å²) >= 11 is 0. The van der Waals surface area contributed by atoms with Gasteiger partial charge in [0.15, 0.2) is 22.9 Å². The van der Waals surface area contributed by atoms with Crippen LogP contribution in [0.1, 0.15) is 24.8 Å². The zero-order valence-corrected chi connectivity index (χ0v) is 18.4. The lowest BCUT2D eigenvalue weighted by atomic mass is 9.70. The lowest BCUT2D eigenvalue weighted by Crippen LogP contribution is -2.57. The van der Waals surface area contributed by atoms with Gasteiger partial charge in [0.05, 0.1) is 33.9 Å². The number of hydrogen-bond acceptors (Lipinski definition) is 7. The molecule has 2 aliphatic rings. The molecule has 0 heterocycles. The Morgan fingerprint density at radius 3 is 2.10 bits per heavy atom. The Morgan fingerprint density at radius 1 is 1.07 bits per heavy atom. The fraction of sp³-hybridized carbons (Fsp3) is 0.522. The number of carbonyl (C=O) groups excluding carboxylic acids is 1. The molecule has 0 aliphatic heterocycles. The summed E-state index contributed by atoms with van der Waals surface area (Å²) in [6.07, 6.45) is 2.60. The van der Waals surface area contributed by atoms with Crippen LogP contribution in [0.15, 0.2) is 36.6 Å². The maximum absolute atomic E-state index is 13.8. The number of aliphatic hydroxyl groups excluding tert-OH is 1. The molecule has 1 saturated carbocycles. The second-order valence-corrected chi connectivity index (χ2v) is 7.74. The molecule has 1 aromatic carbocycles. The molecule has 0 amide bonds. The normalized spacial score (nSPS) is 32.4. The lowest BCUT2D eigenvalue weighted by Gasteiger charge is -2.40. The standard InChI is InChI=1S/C23H30O7/c1-8-9-22-12-17(28-5)20(24)23(30-7,21(22)25)18(13(22)2)14-10-15(26-3)19(29-6)16(11-14)27-4/h8,10-13,18,20,24H,1,9H2,2-7H3/t13-,18+,20+,22-,23+/m1/s1. The molecule has 3 rings (SSSR count). The topological polar surface area (TPSA) is 83.5 Å². The van der Waals surface area contributed by atoms with Crippen molar-refractivity contribution in [3.05, 3.63) is 42.2 Å². The predicted octanol–water partition coefficient (Wildman–Crippen LogP) is 2.87. The van der Waals surface area contributed by atoms with Gasteiger partial charge in [-0.25, -0.2) is 0 Å². The molecule has 164 valence electrons. The van der Waals surface area contributed by atoms with Crippen LogP contribution >= 0.6 is 0 Å². The first-order valence-corrected chi connectivity index (χ1v) is 9.78. The molecule has 30 heavy (non-hydrogen) atoms. The Labute approximate surface area is 177 Å². The van der Waals surface area contributed by atoms with Crippen LogP contribution in [0, 0.1) is 11.3 Å². The predicted molar refractivity (Wildman–Crippen MR) is 111 cm³/mol. The fourth-order valence-electron chi connectivity index (χ4n) is 5.31. The van der Waals surface area contributed by atoms with E-state index in [9.17, 15) is 9.90 Å². The molecule has 5 atom stereocenters. The van der Waals surface area contributed by atoms with Crippen molar-refractivity contribution >= 4 is 5.78 Å². The second-order valence-electron chi connectivity index (χ2n) is 7.74. The van der Waals surface area contributed by atoms with Crippen molar-refractivity contribution in [2.75, 3.05) is 35.5 Å². The van der Waals surface area contributed by atoms with Crippen molar-refractivity contribution in [2.24, 2.45) is 11.3 Å². The highest BCUT2D eigenvalue weighted by molar-refractivity contribution is 6.01. The first-order valence-electron chi connectivity index (χ1n) is 9.78. The summed E-state index contributed by atoms with van der Waals surface area (Å²) in [5, 5.41) is 11.2. The number of aliphatic hydroxyl groups is 1. The molecule has 0 radical (unpaired) electrons. The first-order chi connectivity index (χ1) is 14.3. The molecular weight excluding hydrogens is 388 g/mol. The zero-order chi connectivity index (χ0) is 22.3. The Balaban J connectivity index is 2.31. The molecular formula is C23H30O7. The lowest BCUT2D eigenvalue weighted by molar-refractivity contribution is -0.161. The third-order valence-electron chi connectivity index (χ3n) is 6.73. The van der Waals surface area contributed by atoms with E-state index in [2.05, 4.69) is 6.58 Å². The van der Waals surface area contributed by atoms with Gasteiger partial charge in [-0.2, -0.15) is 0 Å². The summed E-state index contributed by atoms with van der Waals surface area (Å²) in [7, 11) is 7.53. The smallest absolute Gasteiger partial charge is 0.203 e. The number of Topliss-reactive ketones (excluding diaryl/α,β-unsaturated/α-hetero) is 1. The van der Waals surface area contributed by atoms with Gasteiger partial charge in [-0.1, -0.05) is 13.0 Å². The quantitative estimate of drug-likeness (QED) is 0.650. The van der Waals surface area contributed by atoms with Crippen molar-refractivity contribution in [2.45, 2.75) is 31.0 Å². The number of rotatable bonds is 8. The van der Waals surface area contributed by atoms with Crippen molar-refractivity contribution in [3.63, 3.8) is 0 Å². The van der Waals surface area contributed by atoms with Crippen LogP contribution in [0.4, 0.5) is 0 Å². The Hall–Kier alpha value is -2.51. The maximum atomic E-state index is 13.8. The van der Waals surface area contributed by atoms with Gasteiger partial charge in [-0.3, -0.25) is 4.79 Å². The van der Waals surface area contributed by atoms with Gasteiger partial charge in [-0.05, 0) is 36.1 Å². The Bertz CT molecular complexity index is 851. The van der Waals surface area contributed by atoms with Crippen LogP contribution in [0.2, 0.25) is 0 Å². The highest BCUT2D eigenvalue weighted by Gasteiger charge is 2.72. The third kappa shape index (κ3) is 2.68. The van der Waals surface area contributed by atoms with Crippen LogP contribution in [-0.2, 0) is 14.3 Å². The third-order valence-corrected chi connectivity index (χ3v) is 6.73. The zero-order valence-electron chi connectivity index (χ0n) is 18.4. The molecule has 0 saturated heterocycles. The number of ether oxygens (including phenoxy) is 5. The van der Waals surface area contributed by atoms with Gasteiger partial charge in [0.2, 0.25) is 5.75 Å². The van der Waals surface area contributed by atoms with Crippen LogP contribution < -0.4 is 14.2 Å². The minimum absolute atomic E-state index is 0.183. The molecule has 1 fully saturated rings. The molecule has 7 nitrogen and oxygen atoms in total. The number of ketones is 1. The molecule has 7 heteroatoms. The minimum Gasteiger partial charge on any atom is -0.499 e. The maximum Gasteiger partial charge on any atom is 0.203 e. The molecule has 0 spiro atoms. The molecule has 1 aromatic rings. The van der Waals surface area contributed by atoms with Gasteiger partial charge >= 0.3 is 0 Å². The SMILES string of the molecule is C=CC[C@]12C=C(OC)[C@H](O)[C@](OC)(C1=O)[C@H](c1cc(OC)c(OC)c(OC)c1)[C@H]2C. The fourth-order valence-corrected chi connectivity index (χ4v) is 5.31. The van der Waals surface area contributed by atoms with E-state index in [1.165, 1.54) is 35.5 Å². The number of fused-ring (bicyclic) bond motifs is 2. The molecule has 0 unspecified atom stereocenters. The Morgan fingerprint density at radius 2 is 1.67 bits per heavy atom. The average Bonchev–Trinajstić information content (AvgIpc) is 2.89. The number of allylic oxidation sites excluding steroid dienone is 2. The van der Waals surface area contributed by atoms with E-state index in [1.54, 1.807) is 24.3 Å². The van der Waals surface area contributed by atoms with E-state index in [1.807, 2.05) is 6.92 Å². The van der Waals surface area contributed by atoms with Gasteiger partial charge < -0.3 is 28.8 Å². The van der Waals surface area contributed by atoms with Crippen LogP contribution in [0.3, 0.4) is 0 Å². The summed E-state index contributed by atoms with van der Waals surface area (Å²) in [5.41, 5.74) is -1.69. The molecule has 1 N–H and O–H groups in total. The number of benzene rings is 1. The molecule has 0 aromatic heterocycles. The van der Waals surface area contributed by atoms with E-state index in [0.717, 1.165) is 5.56 Å². The number of carbonyl (C=O) groups is 1. The van der Waals surface area contributed by atoms with Crippen molar-refractivity contribution in [1.82, 2.24) is 0 Å². The van der Waals surface area contributed by atoms with E-state index >= 15 is 0 Å². The van der Waals surface area contributed by atoms with E-state index in [0.29, 0.717) is 29.4 Å². The van der Waals surface area contributed by atoms with Gasteiger partial charge in [0.25, 0.3) is 0 Å². The van der Waals surface area contributed by atoms with Crippen molar-refractivity contribution in [1.29, 1.82) is 0 Å². The first kappa shape index (κ1) is 22.2. The van der Waals surface area contributed by atoms with Gasteiger partial charge in [0.1, 0.15) is 11.9 Å². The monoisotopic (exact) mass is 418 g/mol. The summed E-state index contributed by atoms with van der Waals surface area (Å²) in [4.78, 5) is 13.8.